The van der Waals surface area contributed by atoms with Crippen molar-refractivity contribution in [1.82, 2.24) is 0 Å². The Hall–Kier alpha value is -2.70. The molecule has 0 radical (unpaired) electrons. The first-order valence-electron chi connectivity index (χ1n) is 14.0. The van der Waals surface area contributed by atoms with Crippen molar-refractivity contribution in [3.05, 3.63) is 71.8 Å². The van der Waals surface area contributed by atoms with Gasteiger partial charge in [0.2, 0.25) is 0 Å². The Bertz CT molecular complexity index is 1030. The standard InChI is InChI=1S/C31H41N2O4/c1-22(2)19-28(32)29(34)37-31(23-11-5-3-6-12-23,24-13-7-4-8-14-24)30(35)36-27-20-25-15-16-26(21-27)33(25)17-9-10-18-33/h3-8,11-14,22,25-28H,9-10,15-21,32H2,1-2H3/q+1/t25?,26?,27?,28-/m0/s1. The molecule has 3 heterocycles. The second-order valence-corrected chi connectivity index (χ2v) is 11.7. The number of carbonyl (C=O) groups is 2. The van der Waals surface area contributed by atoms with Crippen LogP contribution < -0.4 is 5.73 Å². The predicted octanol–water partition coefficient (Wildman–Crippen LogP) is 4.69. The maximum Gasteiger partial charge on any atom is 0.360 e. The van der Waals surface area contributed by atoms with Gasteiger partial charge in [0.1, 0.15) is 12.1 Å². The number of carbonyl (C=O) groups excluding carboxylic acids is 2. The summed E-state index contributed by atoms with van der Waals surface area (Å²) in [7, 11) is 0. The summed E-state index contributed by atoms with van der Waals surface area (Å²) < 4.78 is 13.8. The first kappa shape index (κ1) is 25.9. The molecule has 0 aliphatic carbocycles. The second kappa shape index (κ2) is 10.6. The number of piperidine rings is 1. The van der Waals surface area contributed by atoms with E-state index in [1.165, 1.54) is 43.3 Å². The van der Waals surface area contributed by atoms with Crippen LogP contribution >= 0.6 is 0 Å². The fourth-order valence-corrected chi connectivity index (χ4v) is 7.28. The molecule has 2 bridgehead atoms. The predicted molar refractivity (Wildman–Crippen MR) is 142 cm³/mol. The van der Waals surface area contributed by atoms with Crippen molar-refractivity contribution in [2.24, 2.45) is 11.7 Å². The lowest BCUT2D eigenvalue weighted by Crippen LogP contribution is -2.60. The van der Waals surface area contributed by atoms with E-state index in [0.29, 0.717) is 29.6 Å². The Morgan fingerprint density at radius 3 is 1.92 bits per heavy atom. The Morgan fingerprint density at radius 1 is 0.919 bits per heavy atom. The van der Waals surface area contributed by atoms with Crippen molar-refractivity contribution in [3.63, 3.8) is 0 Å². The molecule has 6 heteroatoms. The number of quaternary nitrogens is 1. The minimum Gasteiger partial charge on any atom is -0.458 e. The summed E-state index contributed by atoms with van der Waals surface area (Å²) in [5.74, 6) is -0.908. The molecule has 1 spiro atoms. The molecule has 3 atom stereocenters. The number of nitrogens with two attached hydrogens (primary N) is 1. The van der Waals surface area contributed by atoms with E-state index in [9.17, 15) is 9.59 Å². The van der Waals surface area contributed by atoms with E-state index in [0.717, 1.165) is 12.8 Å². The first-order chi connectivity index (χ1) is 17.8. The van der Waals surface area contributed by atoms with Crippen LogP contribution in [0.25, 0.3) is 0 Å². The Balaban J connectivity index is 1.48. The van der Waals surface area contributed by atoms with Crippen LogP contribution in [-0.2, 0) is 24.7 Å². The average Bonchev–Trinajstić information content (AvgIpc) is 3.44. The lowest BCUT2D eigenvalue weighted by Gasteiger charge is -2.47. The first-order valence-corrected chi connectivity index (χ1v) is 14.0. The van der Waals surface area contributed by atoms with Gasteiger partial charge in [-0.15, -0.1) is 0 Å². The molecule has 0 amide bonds. The lowest BCUT2D eigenvalue weighted by molar-refractivity contribution is -0.956. The summed E-state index contributed by atoms with van der Waals surface area (Å²) in [6, 6.07) is 18.8. The Labute approximate surface area is 220 Å². The highest BCUT2D eigenvalue weighted by Crippen LogP contribution is 2.47. The number of rotatable bonds is 8. The summed E-state index contributed by atoms with van der Waals surface area (Å²) >= 11 is 0. The van der Waals surface area contributed by atoms with E-state index < -0.39 is 23.6 Å². The van der Waals surface area contributed by atoms with Gasteiger partial charge in [-0.25, -0.2) is 4.79 Å². The molecule has 3 saturated heterocycles. The molecule has 2 aromatic carbocycles. The molecule has 2 unspecified atom stereocenters. The summed E-state index contributed by atoms with van der Waals surface area (Å²) in [4.78, 5) is 27.7. The maximum atomic E-state index is 14.3. The summed E-state index contributed by atoms with van der Waals surface area (Å²) in [6.45, 7) is 6.55. The highest BCUT2D eigenvalue weighted by molar-refractivity contribution is 5.90. The lowest BCUT2D eigenvalue weighted by atomic mass is 9.85. The van der Waals surface area contributed by atoms with E-state index in [1.807, 2.05) is 74.5 Å². The van der Waals surface area contributed by atoms with Crippen LogP contribution in [0.2, 0.25) is 0 Å². The van der Waals surface area contributed by atoms with Crippen molar-refractivity contribution in [3.8, 4) is 0 Å². The molecule has 2 aromatic rings. The number of esters is 2. The Kier molecular flexibility index (Phi) is 7.42. The molecule has 198 valence electrons. The number of hydrogen-bond acceptors (Lipinski definition) is 5. The van der Waals surface area contributed by atoms with Gasteiger partial charge in [-0.1, -0.05) is 74.5 Å². The van der Waals surface area contributed by atoms with Crippen molar-refractivity contribution in [2.75, 3.05) is 13.1 Å². The third-order valence-electron chi connectivity index (χ3n) is 8.96. The van der Waals surface area contributed by atoms with Crippen LogP contribution in [0.15, 0.2) is 60.7 Å². The van der Waals surface area contributed by atoms with E-state index in [2.05, 4.69) is 0 Å². The molecular formula is C31H41N2O4+. The summed E-state index contributed by atoms with van der Waals surface area (Å²) in [6.07, 6.45) is 7.07. The van der Waals surface area contributed by atoms with Crippen LogP contribution in [0.3, 0.4) is 0 Å². The van der Waals surface area contributed by atoms with Gasteiger partial charge in [-0.3, -0.25) is 4.79 Å². The van der Waals surface area contributed by atoms with Crippen LogP contribution in [0.1, 0.15) is 69.9 Å². The highest BCUT2D eigenvalue weighted by atomic mass is 16.6. The van der Waals surface area contributed by atoms with Crippen molar-refractivity contribution < 1.29 is 23.5 Å². The van der Waals surface area contributed by atoms with Gasteiger partial charge < -0.3 is 19.7 Å². The zero-order chi connectivity index (χ0) is 26.0. The van der Waals surface area contributed by atoms with Crippen LogP contribution in [0.5, 0.6) is 0 Å². The minimum absolute atomic E-state index is 0.177. The number of nitrogens with zero attached hydrogens (tertiary/aromatic N) is 1. The monoisotopic (exact) mass is 505 g/mol. The van der Waals surface area contributed by atoms with Gasteiger partial charge in [0.25, 0.3) is 5.60 Å². The summed E-state index contributed by atoms with van der Waals surface area (Å²) in [5, 5.41) is 0. The van der Waals surface area contributed by atoms with Gasteiger partial charge in [-0.2, -0.15) is 0 Å². The molecule has 3 aliphatic rings. The van der Waals surface area contributed by atoms with Gasteiger partial charge in [-0.05, 0) is 12.3 Å². The highest BCUT2D eigenvalue weighted by Gasteiger charge is 2.57. The molecule has 37 heavy (non-hydrogen) atoms. The van der Waals surface area contributed by atoms with Crippen molar-refractivity contribution in [2.45, 2.75) is 88.6 Å². The fraction of sp³-hybridized carbons (Fsp3) is 0.548. The van der Waals surface area contributed by atoms with E-state index >= 15 is 0 Å². The third kappa shape index (κ3) is 4.82. The van der Waals surface area contributed by atoms with E-state index in [1.54, 1.807) is 0 Å². The van der Waals surface area contributed by atoms with Crippen molar-refractivity contribution >= 4 is 11.9 Å². The van der Waals surface area contributed by atoms with E-state index in [4.69, 9.17) is 15.2 Å². The second-order valence-electron chi connectivity index (χ2n) is 11.7. The van der Waals surface area contributed by atoms with E-state index in [-0.39, 0.29) is 12.0 Å². The zero-order valence-electron chi connectivity index (χ0n) is 22.2. The van der Waals surface area contributed by atoms with Crippen molar-refractivity contribution in [1.29, 1.82) is 0 Å². The number of hydrogen-bond donors (Lipinski definition) is 1. The normalized spacial score (nSPS) is 25.2. The zero-order valence-corrected chi connectivity index (χ0v) is 22.2. The molecule has 3 aliphatic heterocycles. The molecule has 0 aromatic heterocycles. The topological polar surface area (TPSA) is 78.6 Å². The molecule has 5 rings (SSSR count). The fourth-order valence-electron chi connectivity index (χ4n) is 7.28. The molecule has 2 N–H and O–H groups in total. The number of benzene rings is 2. The third-order valence-corrected chi connectivity index (χ3v) is 8.96. The van der Waals surface area contributed by atoms with Crippen LogP contribution in [0, 0.1) is 5.92 Å². The largest absolute Gasteiger partial charge is 0.458 e. The molecule has 6 nitrogen and oxygen atoms in total. The molecule has 3 fully saturated rings. The van der Waals surface area contributed by atoms with Gasteiger partial charge in [0, 0.05) is 49.7 Å². The molecular weight excluding hydrogens is 464 g/mol. The van der Waals surface area contributed by atoms with Gasteiger partial charge in [0.15, 0.2) is 0 Å². The number of ether oxygens (including phenoxy) is 2. The van der Waals surface area contributed by atoms with Crippen LogP contribution in [0.4, 0.5) is 0 Å². The molecule has 0 saturated carbocycles. The maximum absolute atomic E-state index is 14.3. The SMILES string of the molecule is CC(C)C[C@H](N)C(=O)OC(C(=O)OC1CC2CCC(C1)[N+]21CCCC1)(c1ccccc1)c1ccccc1. The van der Waals surface area contributed by atoms with Gasteiger partial charge >= 0.3 is 11.9 Å². The van der Waals surface area contributed by atoms with Gasteiger partial charge in [0.05, 0.1) is 25.2 Å². The minimum atomic E-state index is -1.72. The summed E-state index contributed by atoms with van der Waals surface area (Å²) in [5.41, 5.74) is 5.67. The smallest absolute Gasteiger partial charge is 0.360 e. The average molecular weight is 506 g/mol. The quantitative estimate of drug-likeness (QED) is 0.416. The Morgan fingerprint density at radius 2 is 1.43 bits per heavy atom. The van der Waals surface area contributed by atoms with Crippen LogP contribution in [-0.4, -0.2) is 53.7 Å².